The van der Waals surface area contributed by atoms with E-state index < -0.39 is 0 Å². The molecule has 0 atom stereocenters. The Morgan fingerprint density at radius 3 is 1.44 bits per heavy atom. The van der Waals surface area contributed by atoms with Crippen molar-refractivity contribution in [3.05, 3.63) is 47.2 Å². The van der Waals surface area contributed by atoms with Gasteiger partial charge in [0.25, 0.3) is 0 Å². The Kier molecular flexibility index (Phi) is 11.7. The molecule has 4 rings (SSSR count). The summed E-state index contributed by atoms with van der Waals surface area (Å²) in [4.78, 5) is 33.9. The quantitative estimate of drug-likeness (QED) is 0.125. The van der Waals surface area contributed by atoms with Crippen LogP contribution in [0.3, 0.4) is 0 Å². The van der Waals surface area contributed by atoms with Crippen LogP contribution in [0.5, 0.6) is 23.0 Å². The van der Waals surface area contributed by atoms with E-state index in [9.17, 15) is 9.59 Å². The lowest BCUT2D eigenvalue weighted by Crippen LogP contribution is -2.11. The Morgan fingerprint density at radius 1 is 0.628 bits per heavy atom. The topological polar surface area (TPSA) is 121 Å². The normalized spacial score (nSPS) is 10.7. The number of nitrogens with one attached hydrogen (secondary N) is 2. The van der Waals surface area contributed by atoms with Gasteiger partial charge in [-0.15, -0.1) is 22.7 Å². The summed E-state index contributed by atoms with van der Waals surface area (Å²) >= 11 is 2.75. The number of hydrogen-bond donors (Lipinski definition) is 2. The highest BCUT2D eigenvalue weighted by Crippen LogP contribution is 2.36. The molecule has 0 saturated heterocycles. The number of thiazole rings is 2. The van der Waals surface area contributed by atoms with Gasteiger partial charge in [0.15, 0.2) is 10.3 Å². The third-order valence-electron chi connectivity index (χ3n) is 6.68. The van der Waals surface area contributed by atoms with Gasteiger partial charge in [-0.05, 0) is 37.1 Å². The minimum Gasteiger partial charge on any atom is -0.497 e. The molecule has 0 spiro atoms. The number of nitrogens with zero attached hydrogens (tertiary/aromatic N) is 2. The Bertz CT molecular complexity index is 1410. The Hall–Kier alpha value is -4.16. The molecular formula is C31H36N4O6S2. The smallest absolute Gasteiger partial charge is 0.226 e. The monoisotopic (exact) mass is 624 g/mol. The third-order valence-corrected chi connectivity index (χ3v) is 8.19. The van der Waals surface area contributed by atoms with E-state index in [1.165, 1.54) is 22.7 Å². The summed E-state index contributed by atoms with van der Waals surface area (Å²) in [5, 5.41) is 10.7. The molecule has 2 heterocycles. The van der Waals surface area contributed by atoms with Gasteiger partial charge in [-0.2, -0.15) is 0 Å². The van der Waals surface area contributed by atoms with E-state index in [4.69, 9.17) is 18.9 Å². The van der Waals surface area contributed by atoms with Crippen molar-refractivity contribution in [2.24, 2.45) is 0 Å². The Labute approximate surface area is 259 Å². The largest absolute Gasteiger partial charge is 0.497 e. The van der Waals surface area contributed by atoms with E-state index >= 15 is 0 Å². The van der Waals surface area contributed by atoms with E-state index in [0.29, 0.717) is 46.1 Å². The first kappa shape index (κ1) is 31.8. The molecule has 0 aliphatic carbocycles. The first-order chi connectivity index (χ1) is 20.9. The molecule has 0 unspecified atom stereocenters. The number of rotatable bonds is 16. The molecular weight excluding hydrogens is 588 g/mol. The molecule has 43 heavy (non-hydrogen) atoms. The van der Waals surface area contributed by atoms with Crippen LogP contribution in [-0.4, -0.2) is 50.2 Å². The van der Waals surface area contributed by atoms with Crippen LogP contribution in [0.25, 0.3) is 22.5 Å². The third kappa shape index (κ3) is 8.91. The van der Waals surface area contributed by atoms with E-state index in [0.717, 1.165) is 54.6 Å². The average molecular weight is 625 g/mol. The van der Waals surface area contributed by atoms with E-state index in [1.54, 1.807) is 40.6 Å². The lowest BCUT2D eigenvalue weighted by atomic mass is 10.1. The number of unbranched alkanes of at least 4 members (excludes halogenated alkanes) is 4. The van der Waals surface area contributed by atoms with Crippen molar-refractivity contribution in [2.75, 3.05) is 39.1 Å². The molecule has 0 bridgehead atoms. The zero-order chi connectivity index (χ0) is 30.6. The second-order valence-electron chi connectivity index (χ2n) is 9.57. The van der Waals surface area contributed by atoms with Gasteiger partial charge < -0.3 is 29.6 Å². The summed E-state index contributed by atoms with van der Waals surface area (Å²) in [6.45, 7) is 0. The standard InChI is InChI=1S/C31H36N4O6S2/c1-38-20-12-14-22(26(16-20)40-3)24-18-42-30(32-24)34-28(36)10-8-6-5-7-9-11-29(37)35-31-33-25(19-43-31)23-15-13-21(39-2)17-27(23)41-4/h12-19H,5-11H2,1-4H3,(H,32,34,36)(H,33,35,37). The second kappa shape index (κ2) is 15.9. The number of amides is 2. The predicted molar refractivity (Wildman–Crippen MR) is 171 cm³/mol. The number of anilines is 2. The number of ether oxygens (including phenoxy) is 4. The zero-order valence-corrected chi connectivity index (χ0v) is 26.4. The molecule has 2 amide bonds. The van der Waals surface area contributed by atoms with Crippen molar-refractivity contribution >= 4 is 44.8 Å². The van der Waals surface area contributed by atoms with Gasteiger partial charge in [-0.1, -0.05) is 19.3 Å². The lowest BCUT2D eigenvalue weighted by Gasteiger charge is -2.08. The van der Waals surface area contributed by atoms with Gasteiger partial charge in [-0.25, -0.2) is 9.97 Å². The van der Waals surface area contributed by atoms with Crippen molar-refractivity contribution in [2.45, 2.75) is 44.9 Å². The Balaban J connectivity index is 1.11. The summed E-state index contributed by atoms with van der Waals surface area (Å²) in [6, 6.07) is 11.1. The summed E-state index contributed by atoms with van der Waals surface area (Å²) in [7, 11) is 6.41. The van der Waals surface area contributed by atoms with Crippen molar-refractivity contribution in [3.8, 4) is 45.5 Å². The fraction of sp³-hybridized carbons (Fsp3) is 0.355. The van der Waals surface area contributed by atoms with Crippen LogP contribution >= 0.6 is 22.7 Å². The predicted octanol–water partition coefficient (Wildman–Crippen LogP) is 7.28. The molecule has 2 N–H and O–H groups in total. The van der Waals surface area contributed by atoms with Gasteiger partial charge in [0.05, 0.1) is 39.8 Å². The molecule has 2 aromatic heterocycles. The van der Waals surface area contributed by atoms with Crippen LogP contribution in [0.4, 0.5) is 10.3 Å². The summed E-state index contributed by atoms with van der Waals surface area (Å²) in [5.41, 5.74) is 3.13. The van der Waals surface area contributed by atoms with Gasteiger partial charge in [0.2, 0.25) is 11.8 Å². The molecule has 0 saturated carbocycles. The first-order valence-corrected chi connectivity index (χ1v) is 15.7. The molecule has 228 valence electrons. The van der Waals surface area contributed by atoms with E-state index in [-0.39, 0.29) is 11.8 Å². The number of carbonyl (C=O) groups excluding carboxylic acids is 2. The molecule has 2 aromatic carbocycles. The lowest BCUT2D eigenvalue weighted by molar-refractivity contribution is -0.117. The SMILES string of the molecule is COc1ccc(-c2csc(NC(=O)CCCCCCCC(=O)Nc3nc(-c4ccc(OC)cc4OC)cs3)n2)c(OC)c1. The van der Waals surface area contributed by atoms with Crippen molar-refractivity contribution < 1.29 is 28.5 Å². The zero-order valence-electron chi connectivity index (χ0n) is 24.7. The maximum absolute atomic E-state index is 12.4. The number of hydrogen-bond acceptors (Lipinski definition) is 10. The molecule has 0 fully saturated rings. The number of carbonyl (C=O) groups is 2. The van der Waals surface area contributed by atoms with Crippen molar-refractivity contribution in [1.82, 2.24) is 9.97 Å². The van der Waals surface area contributed by atoms with Gasteiger partial charge in [0, 0.05) is 46.9 Å². The summed E-state index contributed by atoms with van der Waals surface area (Å²) in [5.74, 6) is 2.59. The summed E-state index contributed by atoms with van der Waals surface area (Å²) in [6.07, 6.45) is 5.19. The molecule has 4 aromatic rings. The van der Waals surface area contributed by atoms with Gasteiger partial charge >= 0.3 is 0 Å². The highest BCUT2D eigenvalue weighted by molar-refractivity contribution is 7.14. The highest BCUT2D eigenvalue weighted by atomic mass is 32.1. The van der Waals surface area contributed by atoms with Crippen LogP contribution in [-0.2, 0) is 9.59 Å². The van der Waals surface area contributed by atoms with E-state index in [1.807, 2.05) is 35.0 Å². The fourth-order valence-electron chi connectivity index (χ4n) is 4.39. The molecule has 0 aliphatic rings. The van der Waals surface area contributed by atoms with Gasteiger partial charge in [-0.3, -0.25) is 9.59 Å². The van der Waals surface area contributed by atoms with E-state index in [2.05, 4.69) is 20.6 Å². The van der Waals surface area contributed by atoms with Crippen LogP contribution in [0.15, 0.2) is 47.2 Å². The highest BCUT2D eigenvalue weighted by Gasteiger charge is 2.14. The Morgan fingerprint density at radius 2 is 1.05 bits per heavy atom. The number of benzene rings is 2. The number of aromatic nitrogens is 2. The van der Waals surface area contributed by atoms with Crippen molar-refractivity contribution in [3.63, 3.8) is 0 Å². The average Bonchev–Trinajstić information content (AvgIpc) is 3.69. The van der Waals surface area contributed by atoms with Crippen LogP contribution in [0, 0.1) is 0 Å². The summed E-state index contributed by atoms with van der Waals surface area (Å²) < 4.78 is 21.4. The number of methoxy groups -OCH3 is 4. The minimum absolute atomic E-state index is 0.0583. The minimum atomic E-state index is -0.0583. The maximum Gasteiger partial charge on any atom is 0.226 e. The molecule has 0 radical (unpaired) electrons. The first-order valence-electron chi connectivity index (χ1n) is 13.9. The van der Waals surface area contributed by atoms with Crippen LogP contribution in [0.2, 0.25) is 0 Å². The molecule has 10 nitrogen and oxygen atoms in total. The molecule has 0 aliphatic heterocycles. The van der Waals surface area contributed by atoms with Crippen molar-refractivity contribution in [1.29, 1.82) is 0 Å². The second-order valence-corrected chi connectivity index (χ2v) is 11.3. The molecule has 12 heteroatoms. The van der Waals surface area contributed by atoms with Crippen LogP contribution in [0.1, 0.15) is 44.9 Å². The van der Waals surface area contributed by atoms with Crippen LogP contribution < -0.4 is 29.6 Å². The maximum atomic E-state index is 12.4. The fourth-order valence-corrected chi connectivity index (χ4v) is 5.85. The van der Waals surface area contributed by atoms with Gasteiger partial charge in [0.1, 0.15) is 23.0 Å².